The van der Waals surface area contributed by atoms with Gasteiger partial charge in [0.1, 0.15) is 5.75 Å². The lowest BCUT2D eigenvalue weighted by molar-refractivity contribution is 0.0963. The summed E-state index contributed by atoms with van der Waals surface area (Å²) in [6.45, 7) is 3.96. The first-order valence-corrected chi connectivity index (χ1v) is 6.89. The zero-order chi connectivity index (χ0) is 15.4. The van der Waals surface area contributed by atoms with Crippen LogP contribution in [0.15, 0.2) is 42.5 Å². The molecule has 0 aromatic heterocycles. The third kappa shape index (κ3) is 3.54. The van der Waals surface area contributed by atoms with Gasteiger partial charge >= 0.3 is 0 Å². The molecule has 1 amide bonds. The first kappa shape index (κ1) is 14.9. The van der Waals surface area contributed by atoms with Crippen molar-refractivity contribution < 1.29 is 9.90 Å². The summed E-state index contributed by atoms with van der Waals surface area (Å²) in [5.41, 5.74) is 3.36. The molecule has 0 aliphatic rings. The number of carbonyl (C=O) groups is 1. The highest BCUT2D eigenvalue weighted by Gasteiger charge is 2.11. The van der Waals surface area contributed by atoms with E-state index in [2.05, 4.69) is 10.6 Å². The molecule has 0 aliphatic carbocycles. The number of anilines is 1. The molecule has 0 spiro atoms. The molecule has 0 saturated heterocycles. The second kappa shape index (κ2) is 6.31. The second-order valence-electron chi connectivity index (χ2n) is 5.09. The van der Waals surface area contributed by atoms with Gasteiger partial charge in [-0.1, -0.05) is 23.8 Å². The fourth-order valence-electron chi connectivity index (χ4n) is 2.24. The van der Waals surface area contributed by atoms with Gasteiger partial charge in [-0.15, -0.1) is 0 Å². The Morgan fingerprint density at radius 3 is 2.67 bits per heavy atom. The number of carbonyl (C=O) groups excluding carboxylic acids is 1. The van der Waals surface area contributed by atoms with Crippen molar-refractivity contribution in [3.05, 3.63) is 59.2 Å². The Kier molecular flexibility index (Phi) is 4.48. The van der Waals surface area contributed by atoms with E-state index in [4.69, 9.17) is 0 Å². The molecule has 2 aromatic carbocycles. The van der Waals surface area contributed by atoms with Gasteiger partial charge in [-0.25, -0.2) is 0 Å². The smallest absolute Gasteiger partial charge is 0.251 e. The number of phenols is 1. The summed E-state index contributed by atoms with van der Waals surface area (Å²) in [6.07, 6.45) is 0. The van der Waals surface area contributed by atoms with Gasteiger partial charge in [0, 0.05) is 23.9 Å². The number of aryl methyl sites for hydroxylation is 1. The van der Waals surface area contributed by atoms with Crippen molar-refractivity contribution in [3.8, 4) is 5.75 Å². The average molecular weight is 284 g/mol. The van der Waals surface area contributed by atoms with Gasteiger partial charge in [0.05, 0.1) is 6.04 Å². The van der Waals surface area contributed by atoms with Crippen LogP contribution in [0.5, 0.6) is 5.75 Å². The number of aromatic hydroxyl groups is 1. The molecule has 0 fully saturated rings. The van der Waals surface area contributed by atoms with E-state index in [9.17, 15) is 9.90 Å². The molecule has 0 heterocycles. The van der Waals surface area contributed by atoms with Crippen LogP contribution in [0, 0.1) is 6.92 Å². The number of hydrogen-bond acceptors (Lipinski definition) is 3. The molecule has 1 atom stereocenters. The van der Waals surface area contributed by atoms with Crippen LogP contribution in [-0.2, 0) is 0 Å². The Bertz CT molecular complexity index is 653. The number of hydrogen-bond donors (Lipinski definition) is 3. The maximum atomic E-state index is 11.6. The predicted molar refractivity (Wildman–Crippen MR) is 84.7 cm³/mol. The van der Waals surface area contributed by atoms with Crippen LogP contribution in [0.2, 0.25) is 0 Å². The van der Waals surface area contributed by atoms with Gasteiger partial charge in [-0.2, -0.15) is 0 Å². The van der Waals surface area contributed by atoms with Crippen molar-refractivity contribution in [1.82, 2.24) is 5.32 Å². The van der Waals surface area contributed by atoms with Crippen LogP contribution in [0.1, 0.15) is 34.5 Å². The third-order valence-corrected chi connectivity index (χ3v) is 3.38. The number of amides is 1. The summed E-state index contributed by atoms with van der Waals surface area (Å²) in [5.74, 6) is 0.146. The van der Waals surface area contributed by atoms with E-state index in [0.29, 0.717) is 5.56 Å². The lowest BCUT2D eigenvalue weighted by atomic mass is 10.0. The number of rotatable bonds is 4. The number of benzene rings is 2. The van der Waals surface area contributed by atoms with Gasteiger partial charge < -0.3 is 15.7 Å². The molecule has 0 radical (unpaired) electrons. The molecule has 2 rings (SSSR count). The molecule has 0 aliphatic heterocycles. The highest BCUT2D eigenvalue weighted by Crippen LogP contribution is 2.28. The molecule has 0 bridgehead atoms. The SMILES string of the molecule is CNC(=O)c1cccc(NC(C)c2cc(C)ccc2O)c1. The van der Waals surface area contributed by atoms with Crippen molar-refractivity contribution in [2.24, 2.45) is 0 Å². The number of nitrogens with one attached hydrogen (secondary N) is 2. The lowest BCUT2D eigenvalue weighted by Gasteiger charge is -2.18. The first-order chi connectivity index (χ1) is 10.0. The Hall–Kier alpha value is -2.49. The van der Waals surface area contributed by atoms with Gasteiger partial charge in [-0.3, -0.25) is 4.79 Å². The second-order valence-corrected chi connectivity index (χ2v) is 5.09. The minimum atomic E-state index is -0.121. The molecule has 2 aromatic rings. The summed E-state index contributed by atoms with van der Waals surface area (Å²) < 4.78 is 0. The van der Waals surface area contributed by atoms with Crippen molar-refractivity contribution in [1.29, 1.82) is 0 Å². The van der Waals surface area contributed by atoms with Crippen LogP contribution < -0.4 is 10.6 Å². The van der Waals surface area contributed by atoms with E-state index in [1.54, 1.807) is 25.2 Å². The molecule has 1 unspecified atom stereocenters. The minimum absolute atomic E-state index is 0.0650. The van der Waals surface area contributed by atoms with Gasteiger partial charge in [-0.05, 0) is 38.1 Å². The van der Waals surface area contributed by atoms with Crippen LogP contribution in [0.4, 0.5) is 5.69 Å². The maximum absolute atomic E-state index is 11.6. The normalized spacial score (nSPS) is 11.8. The van der Waals surface area contributed by atoms with Gasteiger partial charge in [0.25, 0.3) is 5.91 Å². The van der Waals surface area contributed by atoms with Crippen LogP contribution in [0.3, 0.4) is 0 Å². The highest BCUT2D eigenvalue weighted by molar-refractivity contribution is 5.94. The summed E-state index contributed by atoms with van der Waals surface area (Å²) in [6, 6.07) is 12.7. The third-order valence-electron chi connectivity index (χ3n) is 3.38. The fourth-order valence-corrected chi connectivity index (χ4v) is 2.24. The van der Waals surface area contributed by atoms with E-state index in [1.807, 2.05) is 38.1 Å². The van der Waals surface area contributed by atoms with Crippen molar-refractivity contribution >= 4 is 11.6 Å². The lowest BCUT2D eigenvalue weighted by Crippen LogP contribution is -2.18. The molecule has 110 valence electrons. The topological polar surface area (TPSA) is 61.4 Å². The van der Waals surface area contributed by atoms with Crippen molar-refractivity contribution in [2.75, 3.05) is 12.4 Å². The molecule has 21 heavy (non-hydrogen) atoms. The Morgan fingerprint density at radius 1 is 1.19 bits per heavy atom. The molecule has 4 heteroatoms. The highest BCUT2D eigenvalue weighted by atomic mass is 16.3. The molecule has 0 saturated carbocycles. The van der Waals surface area contributed by atoms with Crippen LogP contribution >= 0.6 is 0 Å². The fraction of sp³-hybridized carbons (Fsp3) is 0.235. The van der Waals surface area contributed by atoms with E-state index in [0.717, 1.165) is 16.8 Å². The minimum Gasteiger partial charge on any atom is -0.508 e. The van der Waals surface area contributed by atoms with E-state index in [1.165, 1.54) is 0 Å². The molecular formula is C17H20N2O2. The molecule has 3 N–H and O–H groups in total. The van der Waals surface area contributed by atoms with Crippen molar-refractivity contribution in [3.63, 3.8) is 0 Å². The Balaban J connectivity index is 2.21. The van der Waals surface area contributed by atoms with E-state index < -0.39 is 0 Å². The quantitative estimate of drug-likeness (QED) is 0.807. The van der Waals surface area contributed by atoms with Crippen molar-refractivity contribution in [2.45, 2.75) is 19.9 Å². The number of phenolic OH excluding ortho intramolecular Hbond substituents is 1. The zero-order valence-electron chi connectivity index (χ0n) is 12.5. The van der Waals surface area contributed by atoms with Gasteiger partial charge in [0.2, 0.25) is 0 Å². The van der Waals surface area contributed by atoms with E-state index >= 15 is 0 Å². The largest absolute Gasteiger partial charge is 0.508 e. The van der Waals surface area contributed by atoms with Crippen LogP contribution in [-0.4, -0.2) is 18.1 Å². The molecular weight excluding hydrogens is 264 g/mol. The molecule has 4 nitrogen and oxygen atoms in total. The zero-order valence-corrected chi connectivity index (χ0v) is 12.5. The summed E-state index contributed by atoms with van der Waals surface area (Å²) >= 11 is 0. The predicted octanol–water partition coefficient (Wildman–Crippen LogP) is 3.23. The van der Waals surface area contributed by atoms with Gasteiger partial charge in [0.15, 0.2) is 0 Å². The standard InChI is InChI=1S/C17H20N2O2/c1-11-7-8-16(20)15(9-11)12(2)19-14-6-4-5-13(10-14)17(21)18-3/h4-10,12,19-20H,1-3H3,(H,18,21). The summed E-state index contributed by atoms with van der Waals surface area (Å²) in [4.78, 5) is 11.6. The monoisotopic (exact) mass is 284 g/mol. The van der Waals surface area contributed by atoms with E-state index in [-0.39, 0.29) is 17.7 Å². The average Bonchev–Trinajstić information content (AvgIpc) is 2.49. The summed E-state index contributed by atoms with van der Waals surface area (Å²) in [5, 5.41) is 15.9. The summed E-state index contributed by atoms with van der Waals surface area (Å²) in [7, 11) is 1.61. The maximum Gasteiger partial charge on any atom is 0.251 e. The Morgan fingerprint density at radius 2 is 1.95 bits per heavy atom. The van der Waals surface area contributed by atoms with Crippen LogP contribution in [0.25, 0.3) is 0 Å². The Labute approximate surface area is 124 Å². The first-order valence-electron chi connectivity index (χ1n) is 6.89.